The summed E-state index contributed by atoms with van der Waals surface area (Å²) in [6.07, 6.45) is 4.51. The molecule has 1 amide bonds. The van der Waals surface area contributed by atoms with Gasteiger partial charge in [-0.25, -0.2) is 17.5 Å². The molecule has 0 saturated heterocycles. The lowest BCUT2D eigenvalue weighted by Gasteiger charge is -2.29. The molecule has 1 aliphatic carbocycles. The molecule has 0 aromatic heterocycles. The number of halogens is 1. The van der Waals surface area contributed by atoms with E-state index in [0.29, 0.717) is 11.5 Å². The van der Waals surface area contributed by atoms with Crippen LogP contribution >= 0.6 is 0 Å². The van der Waals surface area contributed by atoms with Gasteiger partial charge in [-0.05, 0) is 60.7 Å². The first-order chi connectivity index (χ1) is 13.3. The van der Waals surface area contributed by atoms with Crippen molar-refractivity contribution in [2.75, 3.05) is 0 Å². The first-order valence-electron chi connectivity index (χ1n) is 9.50. The topological polar surface area (TPSA) is 75.3 Å². The Labute approximate surface area is 165 Å². The van der Waals surface area contributed by atoms with Crippen LogP contribution in [0.5, 0.6) is 0 Å². The van der Waals surface area contributed by atoms with Gasteiger partial charge in [0.1, 0.15) is 5.82 Å². The van der Waals surface area contributed by atoms with Gasteiger partial charge in [0.15, 0.2) is 0 Å². The van der Waals surface area contributed by atoms with Crippen LogP contribution in [0.4, 0.5) is 4.39 Å². The van der Waals surface area contributed by atoms with Gasteiger partial charge in [0.2, 0.25) is 10.0 Å². The highest BCUT2D eigenvalue weighted by Gasteiger charge is 2.23. The lowest BCUT2D eigenvalue weighted by molar-refractivity contribution is 0.0910. The quantitative estimate of drug-likeness (QED) is 0.772. The first-order valence-corrected chi connectivity index (χ1v) is 11.0. The largest absolute Gasteiger partial charge is 0.349 e. The van der Waals surface area contributed by atoms with Gasteiger partial charge >= 0.3 is 0 Å². The number of hydrogen-bond acceptors (Lipinski definition) is 3. The van der Waals surface area contributed by atoms with Crippen molar-refractivity contribution >= 4 is 15.9 Å². The summed E-state index contributed by atoms with van der Waals surface area (Å²) in [6, 6.07) is 11.7. The number of rotatable bonds is 6. The van der Waals surface area contributed by atoms with Crippen LogP contribution in [0.1, 0.15) is 48.5 Å². The van der Waals surface area contributed by atoms with Crippen molar-refractivity contribution in [3.63, 3.8) is 0 Å². The van der Waals surface area contributed by atoms with Crippen LogP contribution < -0.4 is 10.0 Å². The number of sulfonamides is 1. The van der Waals surface area contributed by atoms with E-state index in [4.69, 9.17) is 0 Å². The van der Waals surface area contributed by atoms with Crippen LogP contribution in [0.2, 0.25) is 0 Å². The van der Waals surface area contributed by atoms with Crippen LogP contribution in [0, 0.1) is 11.7 Å². The molecule has 1 saturated carbocycles. The molecule has 0 spiro atoms. The molecule has 1 fully saturated rings. The van der Waals surface area contributed by atoms with Crippen molar-refractivity contribution in [3.8, 4) is 0 Å². The molecular formula is C21H25FN2O3S. The Kier molecular flexibility index (Phi) is 6.46. The maximum Gasteiger partial charge on any atom is 0.251 e. The van der Waals surface area contributed by atoms with Crippen molar-refractivity contribution in [1.29, 1.82) is 0 Å². The van der Waals surface area contributed by atoms with E-state index < -0.39 is 15.8 Å². The van der Waals surface area contributed by atoms with Gasteiger partial charge in [-0.2, -0.15) is 0 Å². The van der Waals surface area contributed by atoms with Gasteiger partial charge in [-0.15, -0.1) is 0 Å². The minimum Gasteiger partial charge on any atom is -0.349 e. The molecule has 0 radical (unpaired) electrons. The number of amides is 1. The molecule has 0 aliphatic heterocycles. The van der Waals surface area contributed by atoms with Crippen molar-refractivity contribution < 1.29 is 17.6 Å². The highest BCUT2D eigenvalue weighted by atomic mass is 32.2. The Morgan fingerprint density at radius 1 is 1.04 bits per heavy atom. The number of nitrogens with one attached hydrogen (secondary N) is 2. The Morgan fingerprint density at radius 2 is 1.68 bits per heavy atom. The molecule has 2 atom stereocenters. The highest BCUT2D eigenvalue weighted by molar-refractivity contribution is 7.89. The molecule has 28 heavy (non-hydrogen) atoms. The number of carbonyl (C=O) groups excluding carboxylic acids is 1. The third-order valence-corrected chi connectivity index (χ3v) is 6.65. The molecule has 0 unspecified atom stereocenters. The highest BCUT2D eigenvalue weighted by Crippen LogP contribution is 2.24. The Hall–Kier alpha value is -2.25. The van der Waals surface area contributed by atoms with E-state index in [9.17, 15) is 17.6 Å². The normalized spacial score (nSPS) is 19.9. The number of benzene rings is 2. The molecular weight excluding hydrogens is 379 g/mol. The van der Waals surface area contributed by atoms with E-state index in [1.165, 1.54) is 18.6 Å². The molecule has 3 rings (SSSR count). The summed E-state index contributed by atoms with van der Waals surface area (Å²) in [5.74, 6) is -0.106. The fourth-order valence-electron chi connectivity index (χ4n) is 3.43. The van der Waals surface area contributed by atoms with Crippen molar-refractivity contribution in [1.82, 2.24) is 10.0 Å². The summed E-state index contributed by atoms with van der Waals surface area (Å²) in [7, 11) is -3.72. The van der Waals surface area contributed by atoms with Gasteiger partial charge in [0.05, 0.1) is 4.90 Å². The van der Waals surface area contributed by atoms with Crippen LogP contribution in [0.25, 0.3) is 0 Å². The van der Waals surface area contributed by atoms with Crippen LogP contribution in [0.15, 0.2) is 53.4 Å². The van der Waals surface area contributed by atoms with E-state index in [1.54, 1.807) is 24.3 Å². The summed E-state index contributed by atoms with van der Waals surface area (Å²) in [5.41, 5.74) is 1.29. The van der Waals surface area contributed by atoms with E-state index in [2.05, 4.69) is 17.0 Å². The summed E-state index contributed by atoms with van der Waals surface area (Å²) in [4.78, 5) is 12.5. The fourth-order valence-corrected chi connectivity index (χ4v) is 4.45. The smallest absolute Gasteiger partial charge is 0.251 e. The van der Waals surface area contributed by atoms with Gasteiger partial charge in [0, 0.05) is 18.2 Å². The molecule has 2 aromatic carbocycles. The van der Waals surface area contributed by atoms with Crippen LogP contribution in [-0.2, 0) is 16.6 Å². The SMILES string of the molecule is C[C@@H]1CCCC[C@H]1NC(=O)c1ccc(CNS(=O)(=O)c2ccc(F)cc2)cc1. The molecule has 150 valence electrons. The summed E-state index contributed by atoms with van der Waals surface area (Å²) < 4.78 is 39.9. The second-order valence-electron chi connectivity index (χ2n) is 7.32. The Morgan fingerprint density at radius 3 is 2.32 bits per heavy atom. The summed E-state index contributed by atoms with van der Waals surface area (Å²) >= 11 is 0. The lowest BCUT2D eigenvalue weighted by atomic mass is 9.86. The molecule has 1 aliphatic rings. The fraction of sp³-hybridized carbons (Fsp3) is 0.381. The molecule has 2 N–H and O–H groups in total. The van der Waals surface area contributed by atoms with E-state index >= 15 is 0 Å². The van der Waals surface area contributed by atoms with Crippen molar-refractivity contribution in [3.05, 3.63) is 65.5 Å². The maximum atomic E-state index is 13.0. The minimum absolute atomic E-state index is 0.00602. The maximum absolute atomic E-state index is 13.0. The third kappa shape index (κ3) is 5.17. The molecule has 0 heterocycles. The van der Waals surface area contributed by atoms with E-state index in [1.807, 2.05) is 0 Å². The van der Waals surface area contributed by atoms with Crippen LogP contribution in [0.3, 0.4) is 0 Å². The molecule has 0 bridgehead atoms. The second-order valence-corrected chi connectivity index (χ2v) is 9.08. The third-order valence-electron chi connectivity index (χ3n) is 5.23. The predicted molar refractivity (Wildman–Crippen MR) is 106 cm³/mol. The molecule has 5 nitrogen and oxygen atoms in total. The number of carbonyl (C=O) groups is 1. The lowest BCUT2D eigenvalue weighted by Crippen LogP contribution is -2.41. The van der Waals surface area contributed by atoms with Gasteiger partial charge in [-0.3, -0.25) is 4.79 Å². The van der Waals surface area contributed by atoms with Gasteiger partial charge in [0.25, 0.3) is 5.91 Å². The second kappa shape index (κ2) is 8.84. The summed E-state index contributed by atoms with van der Waals surface area (Å²) in [5, 5.41) is 3.11. The minimum atomic E-state index is -3.72. The average Bonchev–Trinajstić information content (AvgIpc) is 2.69. The zero-order valence-corrected chi connectivity index (χ0v) is 16.6. The zero-order valence-electron chi connectivity index (χ0n) is 15.8. The molecule has 7 heteroatoms. The van der Waals surface area contributed by atoms with Gasteiger partial charge < -0.3 is 5.32 Å². The van der Waals surface area contributed by atoms with Crippen molar-refractivity contribution in [2.24, 2.45) is 5.92 Å². The summed E-state index contributed by atoms with van der Waals surface area (Å²) in [6.45, 7) is 2.25. The average molecular weight is 405 g/mol. The van der Waals surface area contributed by atoms with Crippen molar-refractivity contribution in [2.45, 2.75) is 50.1 Å². The van der Waals surface area contributed by atoms with E-state index in [-0.39, 0.29) is 23.4 Å². The first kappa shape index (κ1) is 20.5. The van der Waals surface area contributed by atoms with Gasteiger partial charge in [-0.1, -0.05) is 31.9 Å². The zero-order chi connectivity index (χ0) is 20.1. The standard InChI is InChI=1S/C21H25FN2O3S/c1-15-4-2-3-5-20(15)24-21(25)17-8-6-16(7-9-17)14-23-28(26,27)19-12-10-18(22)11-13-19/h6-13,15,20,23H,2-5,14H2,1H3,(H,24,25)/t15-,20-/m1/s1. The Balaban J connectivity index is 1.58. The predicted octanol–water partition coefficient (Wildman–Crippen LogP) is 3.61. The monoisotopic (exact) mass is 404 g/mol. The molecule has 2 aromatic rings. The van der Waals surface area contributed by atoms with Crippen LogP contribution in [-0.4, -0.2) is 20.4 Å². The van der Waals surface area contributed by atoms with E-state index in [0.717, 1.165) is 37.0 Å². The Bertz CT molecular complexity index is 912. The number of hydrogen-bond donors (Lipinski definition) is 2.